The number of hydrogen-bond acceptors (Lipinski definition) is 4. The van der Waals surface area contributed by atoms with Crippen LogP contribution in [0.15, 0.2) is 35.7 Å². The maximum absolute atomic E-state index is 5.81. The van der Waals surface area contributed by atoms with E-state index in [9.17, 15) is 0 Å². The summed E-state index contributed by atoms with van der Waals surface area (Å²) >= 11 is 1.84. The zero-order valence-electron chi connectivity index (χ0n) is 14.3. The molecule has 1 aromatic carbocycles. The van der Waals surface area contributed by atoms with Crippen LogP contribution in [0.2, 0.25) is 0 Å². The van der Waals surface area contributed by atoms with Crippen molar-refractivity contribution < 1.29 is 4.74 Å². The molecule has 0 radical (unpaired) electrons. The van der Waals surface area contributed by atoms with Crippen molar-refractivity contribution in [1.82, 2.24) is 9.80 Å². The maximum Gasteiger partial charge on any atom is 0.123 e. The summed E-state index contributed by atoms with van der Waals surface area (Å²) in [7, 11) is 4.27. The van der Waals surface area contributed by atoms with Crippen LogP contribution in [0.3, 0.4) is 0 Å². The van der Waals surface area contributed by atoms with Crippen molar-refractivity contribution in [1.29, 1.82) is 0 Å². The Morgan fingerprint density at radius 2 is 2.04 bits per heavy atom. The second-order valence-corrected chi connectivity index (χ2v) is 7.70. The van der Waals surface area contributed by atoms with Gasteiger partial charge in [-0.1, -0.05) is 18.2 Å². The number of likely N-dealkylation sites (N-methyl/N-ethyl adjacent to an activating group) is 1. The van der Waals surface area contributed by atoms with Gasteiger partial charge in [0.15, 0.2) is 0 Å². The van der Waals surface area contributed by atoms with Gasteiger partial charge in [0.25, 0.3) is 0 Å². The first-order chi connectivity index (χ1) is 11.1. The lowest BCUT2D eigenvalue weighted by Gasteiger charge is -2.24. The first-order valence-corrected chi connectivity index (χ1v) is 9.16. The maximum atomic E-state index is 5.81. The number of fused-ring (bicyclic) bond motifs is 1. The van der Waals surface area contributed by atoms with E-state index < -0.39 is 0 Å². The highest BCUT2D eigenvalue weighted by Gasteiger charge is 2.19. The van der Waals surface area contributed by atoms with Gasteiger partial charge in [0.2, 0.25) is 0 Å². The van der Waals surface area contributed by atoms with Gasteiger partial charge in [-0.3, -0.25) is 4.90 Å². The molecule has 23 heavy (non-hydrogen) atoms. The SMILES string of the molecule is CC1Cc2cc(CN(CCN(C)C)Cc3cccs3)ccc2O1. The van der Waals surface area contributed by atoms with Crippen LogP contribution in [-0.4, -0.2) is 43.1 Å². The Balaban J connectivity index is 1.68. The van der Waals surface area contributed by atoms with Gasteiger partial charge in [-0.15, -0.1) is 11.3 Å². The lowest BCUT2D eigenvalue weighted by Crippen LogP contribution is -2.30. The summed E-state index contributed by atoms with van der Waals surface area (Å²) in [4.78, 5) is 6.22. The third-order valence-electron chi connectivity index (χ3n) is 4.19. The first-order valence-electron chi connectivity index (χ1n) is 8.28. The van der Waals surface area contributed by atoms with Gasteiger partial charge in [0.1, 0.15) is 11.9 Å². The average Bonchev–Trinajstić information content (AvgIpc) is 3.12. The second-order valence-electron chi connectivity index (χ2n) is 6.67. The molecule has 3 rings (SSSR count). The number of rotatable bonds is 7. The molecule has 0 amide bonds. The van der Waals surface area contributed by atoms with E-state index >= 15 is 0 Å². The number of thiophene rings is 1. The molecule has 124 valence electrons. The zero-order valence-corrected chi connectivity index (χ0v) is 15.1. The van der Waals surface area contributed by atoms with Crippen molar-refractivity contribution in [2.75, 3.05) is 27.2 Å². The third kappa shape index (κ3) is 4.56. The monoisotopic (exact) mass is 330 g/mol. The smallest absolute Gasteiger partial charge is 0.123 e. The molecular weight excluding hydrogens is 304 g/mol. The normalized spacial score (nSPS) is 16.8. The third-order valence-corrected chi connectivity index (χ3v) is 5.05. The lowest BCUT2D eigenvalue weighted by atomic mass is 10.1. The average molecular weight is 330 g/mol. The van der Waals surface area contributed by atoms with Gasteiger partial charge in [-0.25, -0.2) is 0 Å². The van der Waals surface area contributed by atoms with Crippen molar-refractivity contribution in [3.05, 3.63) is 51.7 Å². The number of hydrogen-bond donors (Lipinski definition) is 0. The molecule has 0 bridgehead atoms. The highest BCUT2D eigenvalue weighted by molar-refractivity contribution is 7.09. The van der Waals surface area contributed by atoms with Crippen LogP contribution < -0.4 is 4.74 Å². The Hall–Kier alpha value is -1.36. The minimum atomic E-state index is 0.316. The molecule has 1 atom stereocenters. The molecule has 0 spiro atoms. The van der Waals surface area contributed by atoms with E-state index in [0.29, 0.717) is 6.10 Å². The van der Waals surface area contributed by atoms with Gasteiger partial charge in [-0.2, -0.15) is 0 Å². The molecule has 0 aliphatic carbocycles. The molecular formula is C19H26N2OS. The van der Waals surface area contributed by atoms with Gasteiger partial charge in [0.05, 0.1) is 0 Å². The van der Waals surface area contributed by atoms with Crippen molar-refractivity contribution >= 4 is 11.3 Å². The van der Waals surface area contributed by atoms with E-state index in [1.807, 2.05) is 11.3 Å². The number of ether oxygens (including phenoxy) is 1. The standard InChI is InChI=1S/C19H26N2OS/c1-15-11-17-12-16(6-7-19(17)22-15)13-21(9-8-20(2)3)14-18-5-4-10-23-18/h4-7,10,12,15H,8-9,11,13-14H2,1-3H3. The minimum Gasteiger partial charge on any atom is -0.490 e. The Labute approximate surface area is 143 Å². The molecule has 0 N–H and O–H groups in total. The summed E-state index contributed by atoms with van der Waals surface area (Å²) < 4.78 is 5.81. The molecule has 1 aliphatic rings. The zero-order chi connectivity index (χ0) is 16.2. The van der Waals surface area contributed by atoms with E-state index in [1.54, 1.807) is 0 Å². The van der Waals surface area contributed by atoms with E-state index in [0.717, 1.165) is 38.3 Å². The Kier molecular flexibility index (Phi) is 5.36. The predicted octanol–water partition coefficient (Wildman–Crippen LogP) is 3.64. The molecule has 1 unspecified atom stereocenters. The van der Waals surface area contributed by atoms with Crippen LogP contribution in [0.5, 0.6) is 5.75 Å². The van der Waals surface area contributed by atoms with E-state index in [1.165, 1.54) is 16.0 Å². The van der Waals surface area contributed by atoms with Crippen molar-refractivity contribution in [3.63, 3.8) is 0 Å². The van der Waals surface area contributed by atoms with E-state index in [4.69, 9.17) is 4.74 Å². The summed E-state index contributed by atoms with van der Waals surface area (Å²) in [5.74, 6) is 1.07. The summed E-state index contributed by atoms with van der Waals surface area (Å²) in [6, 6.07) is 11.1. The largest absolute Gasteiger partial charge is 0.490 e. The number of benzene rings is 1. The quantitative estimate of drug-likeness (QED) is 0.771. The Bertz CT molecular complexity index is 624. The summed E-state index contributed by atoms with van der Waals surface area (Å²) in [5, 5.41) is 2.16. The predicted molar refractivity (Wildman–Crippen MR) is 97.2 cm³/mol. The molecule has 3 nitrogen and oxygen atoms in total. The molecule has 0 saturated heterocycles. The van der Waals surface area contributed by atoms with E-state index in [-0.39, 0.29) is 0 Å². The molecule has 4 heteroatoms. The Morgan fingerprint density at radius 1 is 1.17 bits per heavy atom. The molecule has 0 saturated carbocycles. The van der Waals surface area contributed by atoms with Gasteiger partial charge in [-0.05, 0) is 49.7 Å². The van der Waals surface area contributed by atoms with Crippen LogP contribution >= 0.6 is 11.3 Å². The summed E-state index contributed by atoms with van der Waals surface area (Å²) in [5.41, 5.74) is 2.75. The molecule has 0 fully saturated rings. The molecule has 1 aliphatic heterocycles. The van der Waals surface area contributed by atoms with Gasteiger partial charge >= 0.3 is 0 Å². The second kappa shape index (κ2) is 7.47. The minimum absolute atomic E-state index is 0.316. The van der Waals surface area contributed by atoms with Crippen molar-refractivity contribution in [3.8, 4) is 5.75 Å². The van der Waals surface area contributed by atoms with Crippen LogP contribution in [0.1, 0.15) is 22.9 Å². The van der Waals surface area contributed by atoms with Gasteiger partial charge in [0, 0.05) is 37.5 Å². The highest BCUT2D eigenvalue weighted by atomic mass is 32.1. The molecule has 2 aromatic rings. The van der Waals surface area contributed by atoms with Crippen LogP contribution in [-0.2, 0) is 19.5 Å². The van der Waals surface area contributed by atoms with Crippen LogP contribution in [0.25, 0.3) is 0 Å². The van der Waals surface area contributed by atoms with Gasteiger partial charge < -0.3 is 9.64 Å². The molecule has 2 heterocycles. The fourth-order valence-corrected chi connectivity index (χ4v) is 3.76. The number of nitrogens with zero attached hydrogens (tertiary/aromatic N) is 2. The Morgan fingerprint density at radius 3 is 2.78 bits per heavy atom. The summed E-state index contributed by atoms with van der Waals surface area (Å²) in [6.07, 6.45) is 1.35. The van der Waals surface area contributed by atoms with Crippen LogP contribution in [0.4, 0.5) is 0 Å². The topological polar surface area (TPSA) is 15.7 Å². The highest BCUT2D eigenvalue weighted by Crippen LogP contribution is 2.29. The van der Waals surface area contributed by atoms with Crippen LogP contribution in [0, 0.1) is 0 Å². The van der Waals surface area contributed by atoms with E-state index in [2.05, 4.69) is 66.5 Å². The fourth-order valence-electron chi connectivity index (χ4n) is 3.01. The summed E-state index contributed by atoms with van der Waals surface area (Å²) in [6.45, 7) is 6.31. The van der Waals surface area contributed by atoms with Crippen molar-refractivity contribution in [2.45, 2.75) is 32.5 Å². The lowest BCUT2D eigenvalue weighted by molar-refractivity contribution is 0.228. The molecule has 1 aromatic heterocycles. The first kappa shape index (κ1) is 16.5. The van der Waals surface area contributed by atoms with Crippen molar-refractivity contribution in [2.24, 2.45) is 0 Å². The fraction of sp³-hybridized carbons (Fsp3) is 0.474.